The van der Waals surface area contributed by atoms with Gasteiger partial charge in [0.15, 0.2) is 0 Å². The minimum absolute atomic E-state index is 0.0195. The standard InChI is InChI=1S/C18H28N4O4/c23-16(24)3-7-20-17(25)14-11-15-18(26)21(9-10-22(15)12-14)8-4-13-1-5-19-6-2-13/h11,13-14,19H,1-10,12H2,(H,20,25)(H,23,24). The van der Waals surface area contributed by atoms with E-state index in [0.717, 1.165) is 32.6 Å². The maximum atomic E-state index is 12.7. The molecular weight excluding hydrogens is 336 g/mol. The molecule has 1 atom stereocenters. The summed E-state index contributed by atoms with van der Waals surface area (Å²) in [6.07, 6.45) is 5.04. The van der Waals surface area contributed by atoms with Crippen LogP contribution < -0.4 is 10.6 Å². The normalized spacial score (nSPS) is 23.6. The fourth-order valence-corrected chi connectivity index (χ4v) is 3.91. The predicted molar refractivity (Wildman–Crippen MR) is 95.2 cm³/mol. The highest BCUT2D eigenvalue weighted by Gasteiger charge is 2.37. The number of piperidine rings is 1. The summed E-state index contributed by atoms with van der Waals surface area (Å²) >= 11 is 0. The van der Waals surface area contributed by atoms with Crippen molar-refractivity contribution in [1.82, 2.24) is 20.4 Å². The zero-order valence-corrected chi connectivity index (χ0v) is 15.1. The summed E-state index contributed by atoms with van der Waals surface area (Å²) in [4.78, 5) is 39.4. The number of carboxylic acid groups (broad SMARTS) is 1. The number of piperazine rings is 1. The Balaban J connectivity index is 1.50. The van der Waals surface area contributed by atoms with Gasteiger partial charge in [0.25, 0.3) is 5.91 Å². The van der Waals surface area contributed by atoms with Crippen molar-refractivity contribution in [1.29, 1.82) is 0 Å². The Bertz CT molecular complexity index is 586. The van der Waals surface area contributed by atoms with Crippen molar-refractivity contribution in [2.24, 2.45) is 11.8 Å². The third-order valence-electron chi connectivity index (χ3n) is 5.50. The number of aliphatic carboxylic acids is 1. The molecule has 0 saturated carbocycles. The van der Waals surface area contributed by atoms with E-state index in [0.29, 0.717) is 24.7 Å². The summed E-state index contributed by atoms with van der Waals surface area (Å²) < 4.78 is 0. The summed E-state index contributed by atoms with van der Waals surface area (Å²) in [6, 6.07) is 0. The lowest BCUT2D eigenvalue weighted by atomic mass is 9.94. The molecule has 2 fully saturated rings. The lowest BCUT2D eigenvalue weighted by Crippen LogP contribution is -2.48. The number of nitrogens with one attached hydrogen (secondary N) is 2. The van der Waals surface area contributed by atoms with E-state index in [2.05, 4.69) is 10.6 Å². The van der Waals surface area contributed by atoms with E-state index >= 15 is 0 Å². The number of nitrogens with zero attached hydrogens (tertiary/aromatic N) is 2. The molecule has 0 radical (unpaired) electrons. The molecule has 0 aromatic heterocycles. The molecule has 2 amide bonds. The molecule has 0 aliphatic carbocycles. The van der Waals surface area contributed by atoms with Gasteiger partial charge in [0.2, 0.25) is 5.91 Å². The zero-order chi connectivity index (χ0) is 18.5. The highest BCUT2D eigenvalue weighted by molar-refractivity contribution is 5.96. The number of hydrogen-bond acceptors (Lipinski definition) is 5. The number of fused-ring (bicyclic) bond motifs is 1. The first-order valence-corrected chi connectivity index (χ1v) is 9.51. The van der Waals surface area contributed by atoms with E-state index in [4.69, 9.17) is 5.11 Å². The largest absolute Gasteiger partial charge is 0.481 e. The number of carboxylic acids is 1. The van der Waals surface area contributed by atoms with Gasteiger partial charge in [-0.2, -0.15) is 0 Å². The van der Waals surface area contributed by atoms with Crippen molar-refractivity contribution < 1.29 is 19.5 Å². The van der Waals surface area contributed by atoms with Crippen LogP contribution >= 0.6 is 0 Å². The molecule has 0 spiro atoms. The van der Waals surface area contributed by atoms with Gasteiger partial charge in [0, 0.05) is 32.7 Å². The van der Waals surface area contributed by atoms with Gasteiger partial charge in [-0.25, -0.2) is 0 Å². The molecule has 26 heavy (non-hydrogen) atoms. The molecule has 1 unspecified atom stereocenters. The van der Waals surface area contributed by atoms with Gasteiger partial charge < -0.3 is 25.5 Å². The monoisotopic (exact) mass is 364 g/mol. The van der Waals surface area contributed by atoms with E-state index in [9.17, 15) is 14.4 Å². The average molecular weight is 364 g/mol. The highest BCUT2D eigenvalue weighted by atomic mass is 16.4. The number of amides is 2. The number of rotatable bonds is 7. The SMILES string of the molecule is O=C(O)CCNC(=O)C1C=C2C(=O)N(CCC3CCNCC3)CCN2C1. The second-order valence-corrected chi connectivity index (χ2v) is 7.31. The Morgan fingerprint density at radius 3 is 2.77 bits per heavy atom. The van der Waals surface area contributed by atoms with Crippen LogP contribution in [0.4, 0.5) is 0 Å². The Morgan fingerprint density at radius 1 is 1.27 bits per heavy atom. The Kier molecular flexibility index (Phi) is 6.13. The second kappa shape index (κ2) is 8.53. The average Bonchev–Trinajstić information content (AvgIpc) is 3.07. The third kappa shape index (κ3) is 4.55. The van der Waals surface area contributed by atoms with Gasteiger partial charge in [-0.1, -0.05) is 0 Å². The van der Waals surface area contributed by atoms with Crippen LogP contribution in [-0.4, -0.2) is 78.5 Å². The van der Waals surface area contributed by atoms with Crippen LogP contribution in [0.15, 0.2) is 11.8 Å². The molecule has 8 heteroatoms. The van der Waals surface area contributed by atoms with E-state index < -0.39 is 5.97 Å². The van der Waals surface area contributed by atoms with Crippen LogP contribution in [0.3, 0.4) is 0 Å². The van der Waals surface area contributed by atoms with Crippen molar-refractivity contribution in [3.05, 3.63) is 11.8 Å². The van der Waals surface area contributed by atoms with Crippen LogP contribution in [0.2, 0.25) is 0 Å². The first kappa shape index (κ1) is 18.7. The fourth-order valence-electron chi connectivity index (χ4n) is 3.91. The van der Waals surface area contributed by atoms with Gasteiger partial charge in [-0.05, 0) is 44.3 Å². The van der Waals surface area contributed by atoms with Gasteiger partial charge in [0.1, 0.15) is 0 Å². The van der Waals surface area contributed by atoms with Crippen LogP contribution in [-0.2, 0) is 14.4 Å². The van der Waals surface area contributed by atoms with E-state index in [1.54, 1.807) is 6.08 Å². The van der Waals surface area contributed by atoms with Crippen molar-refractivity contribution in [2.75, 3.05) is 45.8 Å². The molecule has 3 aliphatic heterocycles. The number of carbonyl (C=O) groups is 3. The lowest BCUT2D eigenvalue weighted by Gasteiger charge is -2.36. The molecular formula is C18H28N4O4. The summed E-state index contributed by atoms with van der Waals surface area (Å²) in [6.45, 7) is 4.99. The zero-order valence-electron chi connectivity index (χ0n) is 15.1. The lowest BCUT2D eigenvalue weighted by molar-refractivity contribution is -0.137. The van der Waals surface area contributed by atoms with Crippen molar-refractivity contribution >= 4 is 17.8 Å². The van der Waals surface area contributed by atoms with Crippen molar-refractivity contribution in [3.8, 4) is 0 Å². The highest BCUT2D eigenvalue weighted by Crippen LogP contribution is 2.26. The second-order valence-electron chi connectivity index (χ2n) is 7.31. The molecule has 3 heterocycles. The summed E-state index contributed by atoms with van der Waals surface area (Å²) in [5, 5.41) is 14.6. The molecule has 8 nitrogen and oxygen atoms in total. The Morgan fingerprint density at radius 2 is 2.04 bits per heavy atom. The molecule has 0 bridgehead atoms. The van der Waals surface area contributed by atoms with Crippen LogP contribution in [0.5, 0.6) is 0 Å². The van der Waals surface area contributed by atoms with Gasteiger partial charge >= 0.3 is 5.97 Å². The number of hydrogen-bond donors (Lipinski definition) is 3. The maximum Gasteiger partial charge on any atom is 0.305 e. The first-order valence-electron chi connectivity index (χ1n) is 9.51. The molecule has 2 saturated heterocycles. The molecule has 144 valence electrons. The maximum absolute atomic E-state index is 12.7. The van der Waals surface area contributed by atoms with Crippen molar-refractivity contribution in [3.63, 3.8) is 0 Å². The van der Waals surface area contributed by atoms with E-state index in [1.165, 1.54) is 12.8 Å². The van der Waals surface area contributed by atoms with Gasteiger partial charge in [-0.3, -0.25) is 14.4 Å². The topological polar surface area (TPSA) is 102 Å². The van der Waals surface area contributed by atoms with Crippen LogP contribution in [0, 0.1) is 11.8 Å². The smallest absolute Gasteiger partial charge is 0.305 e. The van der Waals surface area contributed by atoms with E-state index in [-0.39, 0.29) is 30.7 Å². The molecule has 0 aromatic carbocycles. The Hall–Kier alpha value is -2.09. The fraction of sp³-hybridized carbons (Fsp3) is 0.722. The van der Waals surface area contributed by atoms with Crippen LogP contribution in [0.25, 0.3) is 0 Å². The van der Waals surface area contributed by atoms with Crippen molar-refractivity contribution in [2.45, 2.75) is 25.7 Å². The van der Waals surface area contributed by atoms with Gasteiger partial charge in [-0.15, -0.1) is 0 Å². The minimum Gasteiger partial charge on any atom is -0.481 e. The quantitative estimate of drug-likeness (QED) is 0.569. The summed E-state index contributed by atoms with van der Waals surface area (Å²) in [7, 11) is 0. The summed E-state index contributed by atoms with van der Waals surface area (Å²) in [5.74, 6) is -0.820. The minimum atomic E-state index is -0.938. The predicted octanol–water partition coefficient (Wildman–Crippen LogP) is -0.375. The molecule has 3 N–H and O–H groups in total. The Labute approximate surface area is 153 Å². The van der Waals surface area contributed by atoms with Gasteiger partial charge in [0.05, 0.1) is 18.0 Å². The van der Waals surface area contributed by atoms with E-state index in [1.807, 2.05) is 9.80 Å². The third-order valence-corrected chi connectivity index (χ3v) is 5.50. The van der Waals surface area contributed by atoms with Crippen LogP contribution in [0.1, 0.15) is 25.7 Å². The first-order chi connectivity index (χ1) is 12.5. The summed E-state index contributed by atoms with van der Waals surface area (Å²) in [5.41, 5.74) is 0.625. The molecule has 3 rings (SSSR count). The molecule has 3 aliphatic rings. The molecule has 0 aromatic rings. The number of carbonyl (C=O) groups excluding carboxylic acids is 2.